The molecule has 102 valence electrons. The van der Waals surface area contributed by atoms with Crippen molar-refractivity contribution in [1.82, 2.24) is 0 Å². The van der Waals surface area contributed by atoms with Crippen LogP contribution in [-0.4, -0.2) is 0 Å². The summed E-state index contributed by atoms with van der Waals surface area (Å²) in [6.45, 7) is 0. The van der Waals surface area contributed by atoms with E-state index >= 15 is 0 Å². The second kappa shape index (κ2) is 7.32. The third kappa shape index (κ3) is 5.17. The zero-order valence-electron chi connectivity index (χ0n) is 9.43. The molecule has 2 aromatic carbocycles. The second-order valence-corrected chi connectivity index (χ2v) is 5.48. The largest absolute Gasteiger partial charge is 0.399 e. The number of benzene rings is 2. The highest BCUT2D eigenvalue weighted by Crippen LogP contribution is 2.31. The molecular weight excluding hydrogens is 349 g/mol. The maximum Gasteiger partial charge on any atom is 0.0780 e. The van der Waals surface area contributed by atoms with Crippen molar-refractivity contribution in [3.8, 4) is 0 Å². The van der Waals surface area contributed by atoms with Crippen LogP contribution in [0.4, 0.5) is 11.4 Å². The average Bonchev–Trinajstić information content (AvgIpc) is 2.32. The zero-order chi connectivity index (χ0) is 14.6. The van der Waals surface area contributed by atoms with Gasteiger partial charge < -0.3 is 11.5 Å². The van der Waals surface area contributed by atoms with Gasteiger partial charge in [-0.3, -0.25) is 0 Å². The Morgan fingerprint density at radius 2 is 1.05 bits per heavy atom. The predicted molar refractivity (Wildman–Crippen MR) is 86.8 cm³/mol. The van der Waals surface area contributed by atoms with Gasteiger partial charge in [0.2, 0.25) is 0 Å². The summed E-state index contributed by atoms with van der Waals surface area (Å²) in [5.41, 5.74) is 11.9. The molecule has 0 radical (unpaired) electrons. The smallest absolute Gasteiger partial charge is 0.0780 e. The quantitative estimate of drug-likeness (QED) is 0.461. The highest BCUT2D eigenvalue weighted by molar-refractivity contribution is 6.48. The summed E-state index contributed by atoms with van der Waals surface area (Å²) in [4.78, 5) is 0. The fourth-order valence-electron chi connectivity index (χ4n) is 1.09. The van der Waals surface area contributed by atoms with Crippen molar-refractivity contribution in [2.45, 2.75) is 0 Å². The van der Waals surface area contributed by atoms with Crippen molar-refractivity contribution in [1.29, 1.82) is 0 Å². The van der Waals surface area contributed by atoms with E-state index in [0.29, 0.717) is 36.5 Å². The molecule has 0 spiro atoms. The Bertz CT molecular complexity index is 563. The van der Waals surface area contributed by atoms with Gasteiger partial charge in [0.15, 0.2) is 0 Å². The van der Waals surface area contributed by atoms with Crippen molar-refractivity contribution in [3.63, 3.8) is 0 Å². The molecule has 0 amide bonds. The van der Waals surface area contributed by atoms with Crippen LogP contribution in [-0.2, 0) is 0 Å². The first-order chi connectivity index (χ1) is 8.81. The van der Waals surface area contributed by atoms with Crippen LogP contribution in [0.15, 0.2) is 30.3 Å². The SMILES string of the molecule is Nc1cc(Cl)c(Cl)c(Cl)c1.Nc1ccc(Cl)c(Cl)c1. The van der Waals surface area contributed by atoms with Crippen molar-refractivity contribution in [3.05, 3.63) is 55.4 Å². The molecule has 0 bridgehead atoms. The molecule has 0 saturated carbocycles. The minimum Gasteiger partial charge on any atom is -0.399 e. The predicted octanol–water partition coefficient (Wildman–Crippen LogP) is 5.80. The monoisotopic (exact) mass is 356 g/mol. The number of rotatable bonds is 0. The summed E-state index contributed by atoms with van der Waals surface area (Å²) in [7, 11) is 0. The van der Waals surface area contributed by atoms with Gasteiger partial charge in [-0.15, -0.1) is 0 Å². The van der Waals surface area contributed by atoms with Gasteiger partial charge >= 0.3 is 0 Å². The van der Waals surface area contributed by atoms with E-state index in [1.165, 1.54) is 0 Å². The van der Waals surface area contributed by atoms with E-state index in [2.05, 4.69) is 0 Å². The number of hydrogen-bond acceptors (Lipinski definition) is 2. The molecule has 7 heteroatoms. The minimum absolute atomic E-state index is 0.345. The first-order valence-electron chi connectivity index (χ1n) is 4.91. The van der Waals surface area contributed by atoms with Crippen molar-refractivity contribution < 1.29 is 0 Å². The third-order valence-electron chi connectivity index (χ3n) is 1.95. The fourth-order valence-corrected chi connectivity index (χ4v) is 2.01. The topological polar surface area (TPSA) is 52.0 Å². The van der Waals surface area contributed by atoms with Crippen LogP contribution in [0, 0.1) is 0 Å². The summed E-state index contributed by atoms with van der Waals surface area (Å²) in [5.74, 6) is 0. The molecule has 0 fully saturated rings. The summed E-state index contributed by atoms with van der Waals surface area (Å²) < 4.78 is 0. The van der Waals surface area contributed by atoms with E-state index in [-0.39, 0.29) is 0 Å². The van der Waals surface area contributed by atoms with Gasteiger partial charge in [-0.1, -0.05) is 58.0 Å². The molecule has 0 saturated heterocycles. The van der Waals surface area contributed by atoms with E-state index in [4.69, 9.17) is 69.5 Å². The maximum atomic E-state index is 5.63. The van der Waals surface area contributed by atoms with E-state index < -0.39 is 0 Å². The molecule has 2 rings (SSSR count). The van der Waals surface area contributed by atoms with E-state index in [0.717, 1.165) is 0 Å². The zero-order valence-corrected chi connectivity index (χ0v) is 13.2. The summed E-state index contributed by atoms with van der Waals surface area (Å²) in [5, 5.41) is 2.14. The Hall–Kier alpha value is -0.510. The molecule has 0 aromatic heterocycles. The molecule has 2 aromatic rings. The maximum absolute atomic E-state index is 5.63. The van der Waals surface area contributed by atoms with Crippen LogP contribution in [0.5, 0.6) is 0 Å². The van der Waals surface area contributed by atoms with Crippen LogP contribution in [0.25, 0.3) is 0 Å². The third-order valence-corrected chi connectivity index (χ3v) is 3.89. The molecule has 0 aliphatic carbocycles. The van der Waals surface area contributed by atoms with Crippen LogP contribution in [0.1, 0.15) is 0 Å². The van der Waals surface area contributed by atoms with E-state index in [1.807, 2.05) is 0 Å². The fraction of sp³-hybridized carbons (Fsp3) is 0. The standard InChI is InChI=1S/C6H4Cl3N.C6H5Cl2N/c7-4-1-3(10)2-5(8)6(4)9;7-5-2-1-4(9)3-6(5)8/h1-2H,10H2;1-3H,9H2. The Labute approximate surface area is 136 Å². The molecule has 0 unspecified atom stereocenters. The Morgan fingerprint density at radius 1 is 0.579 bits per heavy atom. The molecule has 0 aliphatic rings. The number of nitrogens with two attached hydrogens (primary N) is 2. The minimum atomic E-state index is 0.345. The van der Waals surface area contributed by atoms with Gasteiger partial charge in [0, 0.05) is 11.4 Å². The first kappa shape index (κ1) is 16.5. The Balaban J connectivity index is 0.000000191. The highest BCUT2D eigenvalue weighted by Gasteiger charge is 2.02. The highest BCUT2D eigenvalue weighted by atomic mass is 35.5. The summed E-state index contributed by atoms with van der Waals surface area (Å²) >= 11 is 28.1. The molecule has 4 N–H and O–H groups in total. The Morgan fingerprint density at radius 3 is 1.47 bits per heavy atom. The lowest BCUT2D eigenvalue weighted by molar-refractivity contribution is 1.68. The van der Waals surface area contributed by atoms with Gasteiger partial charge in [-0.2, -0.15) is 0 Å². The average molecular weight is 358 g/mol. The van der Waals surface area contributed by atoms with Crippen LogP contribution in [0.3, 0.4) is 0 Å². The van der Waals surface area contributed by atoms with E-state index in [9.17, 15) is 0 Å². The molecule has 0 atom stereocenters. The first-order valence-corrected chi connectivity index (χ1v) is 6.80. The molecular formula is C12H9Cl5N2. The number of nitrogen functional groups attached to an aromatic ring is 2. The van der Waals surface area contributed by atoms with Crippen molar-refractivity contribution in [2.75, 3.05) is 11.5 Å². The molecule has 0 heterocycles. The molecule has 0 aliphatic heterocycles. The summed E-state index contributed by atoms with van der Waals surface area (Å²) in [6, 6.07) is 8.09. The number of halogens is 5. The normalized spacial score (nSPS) is 9.74. The Kier molecular flexibility index (Phi) is 6.37. The van der Waals surface area contributed by atoms with Gasteiger partial charge in [-0.05, 0) is 30.3 Å². The molecule has 2 nitrogen and oxygen atoms in total. The van der Waals surface area contributed by atoms with Crippen LogP contribution < -0.4 is 11.5 Å². The van der Waals surface area contributed by atoms with Gasteiger partial charge in [0.25, 0.3) is 0 Å². The van der Waals surface area contributed by atoms with Gasteiger partial charge in [0.1, 0.15) is 0 Å². The van der Waals surface area contributed by atoms with Crippen LogP contribution >= 0.6 is 58.0 Å². The lowest BCUT2D eigenvalue weighted by atomic mass is 10.3. The van der Waals surface area contributed by atoms with Gasteiger partial charge in [0.05, 0.1) is 25.1 Å². The van der Waals surface area contributed by atoms with Gasteiger partial charge in [-0.25, -0.2) is 0 Å². The second-order valence-electron chi connectivity index (χ2n) is 3.47. The van der Waals surface area contributed by atoms with Crippen molar-refractivity contribution in [2.24, 2.45) is 0 Å². The number of hydrogen-bond donors (Lipinski definition) is 2. The van der Waals surface area contributed by atoms with Crippen LogP contribution in [0.2, 0.25) is 25.1 Å². The lowest BCUT2D eigenvalue weighted by Gasteiger charge is -1.99. The lowest BCUT2D eigenvalue weighted by Crippen LogP contribution is -1.84. The number of anilines is 2. The van der Waals surface area contributed by atoms with E-state index in [1.54, 1.807) is 30.3 Å². The summed E-state index contributed by atoms with van der Waals surface area (Å²) in [6.07, 6.45) is 0. The van der Waals surface area contributed by atoms with Crippen molar-refractivity contribution >= 4 is 69.4 Å². The molecule has 19 heavy (non-hydrogen) atoms.